The molecule has 0 aliphatic carbocycles. The summed E-state index contributed by atoms with van der Waals surface area (Å²) in [6.07, 6.45) is -0.221. The average Bonchev–Trinajstić information content (AvgIpc) is 2.50. The maximum atomic E-state index is 12.3. The van der Waals surface area contributed by atoms with Crippen molar-refractivity contribution < 1.29 is 14.3 Å². The van der Waals surface area contributed by atoms with Gasteiger partial charge in [0.15, 0.2) is 0 Å². The fourth-order valence-corrected chi connectivity index (χ4v) is 3.34. The van der Waals surface area contributed by atoms with Crippen molar-refractivity contribution in [2.24, 2.45) is 0 Å². The molecule has 1 unspecified atom stereocenters. The molecule has 1 aliphatic rings. The summed E-state index contributed by atoms with van der Waals surface area (Å²) in [5.41, 5.74) is 1.90. The molecule has 26 heavy (non-hydrogen) atoms. The SMILES string of the molecule is Cc1cc(OCCN2CCN(C(=O)OC(C)(C)C)C(C)C2)cc(C)c1Br. The Morgan fingerprint density at radius 2 is 1.85 bits per heavy atom. The van der Waals surface area contributed by atoms with Gasteiger partial charge in [0.25, 0.3) is 0 Å². The third kappa shape index (κ3) is 5.88. The van der Waals surface area contributed by atoms with Gasteiger partial charge in [0.1, 0.15) is 18.0 Å². The Morgan fingerprint density at radius 3 is 2.38 bits per heavy atom. The second-order valence-corrected chi connectivity index (χ2v) is 8.84. The van der Waals surface area contributed by atoms with Gasteiger partial charge in [0.2, 0.25) is 0 Å². The van der Waals surface area contributed by atoms with Crippen LogP contribution in [-0.4, -0.2) is 60.3 Å². The van der Waals surface area contributed by atoms with Gasteiger partial charge in [-0.2, -0.15) is 0 Å². The van der Waals surface area contributed by atoms with Gasteiger partial charge in [-0.25, -0.2) is 4.79 Å². The van der Waals surface area contributed by atoms with Crippen molar-refractivity contribution in [2.45, 2.75) is 53.2 Å². The van der Waals surface area contributed by atoms with Crippen LogP contribution >= 0.6 is 15.9 Å². The Kier molecular flexibility index (Phi) is 6.97. The lowest BCUT2D eigenvalue weighted by Gasteiger charge is -2.40. The lowest BCUT2D eigenvalue weighted by Crippen LogP contribution is -2.55. The highest BCUT2D eigenvalue weighted by molar-refractivity contribution is 9.10. The van der Waals surface area contributed by atoms with Gasteiger partial charge in [0, 0.05) is 36.7 Å². The summed E-state index contributed by atoms with van der Waals surface area (Å²) in [5.74, 6) is 0.906. The summed E-state index contributed by atoms with van der Waals surface area (Å²) in [7, 11) is 0. The van der Waals surface area contributed by atoms with Gasteiger partial charge in [0.05, 0.1) is 0 Å². The number of hydrogen-bond acceptors (Lipinski definition) is 4. The maximum absolute atomic E-state index is 12.3. The molecule has 0 radical (unpaired) electrons. The van der Waals surface area contributed by atoms with Crippen LogP contribution in [0.2, 0.25) is 0 Å². The number of aryl methyl sites for hydroxylation is 2. The lowest BCUT2D eigenvalue weighted by molar-refractivity contribution is 0.000362. The molecule has 0 spiro atoms. The highest BCUT2D eigenvalue weighted by Gasteiger charge is 2.30. The molecule has 1 heterocycles. The zero-order valence-corrected chi connectivity index (χ0v) is 18.4. The van der Waals surface area contributed by atoms with Crippen molar-refractivity contribution in [1.29, 1.82) is 0 Å². The molecule has 1 fully saturated rings. The number of nitrogens with zero attached hydrogens (tertiary/aromatic N) is 2. The fraction of sp³-hybridized carbons (Fsp3) is 0.650. The van der Waals surface area contributed by atoms with Crippen LogP contribution in [0.15, 0.2) is 16.6 Å². The van der Waals surface area contributed by atoms with Crippen molar-refractivity contribution in [3.8, 4) is 5.75 Å². The summed E-state index contributed by atoms with van der Waals surface area (Å²) in [6, 6.07) is 4.25. The number of hydrogen-bond donors (Lipinski definition) is 0. The number of benzene rings is 1. The van der Waals surface area contributed by atoms with E-state index in [1.807, 2.05) is 25.7 Å². The molecule has 1 aliphatic heterocycles. The van der Waals surface area contributed by atoms with Crippen LogP contribution in [0.25, 0.3) is 0 Å². The van der Waals surface area contributed by atoms with Crippen molar-refractivity contribution in [3.63, 3.8) is 0 Å². The Morgan fingerprint density at radius 1 is 1.23 bits per heavy atom. The predicted molar refractivity (Wildman–Crippen MR) is 108 cm³/mol. The lowest BCUT2D eigenvalue weighted by atomic mass is 10.1. The van der Waals surface area contributed by atoms with Crippen LogP contribution < -0.4 is 4.74 Å². The largest absolute Gasteiger partial charge is 0.492 e. The van der Waals surface area contributed by atoms with Gasteiger partial charge >= 0.3 is 6.09 Å². The first-order chi connectivity index (χ1) is 12.1. The minimum atomic E-state index is -0.456. The molecule has 0 bridgehead atoms. The van der Waals surface area contributed by atoms with E-state index in [0.29, 0.717) is 13.2 Å². The Hall–Kier alpha value is -1.27. The van der Waals surface area contributed by atoms with E-state index in [9.17, 15) is 4.79 Å². The van der Waals surface area contributed by atoms with Crippen LogP contribution in [0.5, 0.6) is 5.75 Å². The minimum absolute atomic E-state index is 0.135. The van der Waals surface area contributed by atoms with Crippen LogP contribution in [0.3, 0.4) is 0 Å². The van der Waals surface area contributed by atoms with Gasteiger partial charge in [-0.05, 0) is 64.8 Å². The molecule has 0 saturated carbocycles. The van der Waals surface area contributed by atoms with Crippen LogP contribution in [0.1, 0.15) is 38.8 Å². The second kappa shape index (κ2) is 8.61. The summed E-state index contributed by atoms with van der Waals surface area (Å²) in [5, 5.41) is 0. The molecule has 1 saturated heterocycles. The van der Waals surface area contributed by atoms with Gasteiger partial charge in [-0.15, -0.1) is 0 Å². The Balaban J connectivity index is 1.80. The number of ether oxygens (including phenoxy) is 2. The first-order valence-corrected chi connectivity index (χ1v) is 9.97. The van der Waals surface area contributed by atoms with Crippen LogP contribution in [0.4, 0.5) is 4.79 Å². The standard InChI is InChI=1S/C20H31BrN2O3/c1-14-11-17(12-15(2)18(14)21)25-10-9-22-7-8-23(16(3)13-22)19(24)26-20(4,5)6/h11-12,16H,7-10,13H2,1-6H3. The average molecular weight is 427 g/mol. The van der Waals surface area contributed by atoms with E-state index in [2.05, 4.69) is 53.7 Å². The third-order valence-corrected chi connectivity index (χ3v) is 5.68. The zero-order chi connectivity index (χ0) is 19.5. The summed E-state index contributed by atoms with van der Waals surface area (Å²) >= 11 is 3.58. The van der Waals surface area contributed by atoms with E-state index >= 15 is 0 Å². The predicted octanol–water partition coefficient (Wildman–Crippen LogP) is 4.39. The smallest absolute Gasteiger partial charge is 0.410 e. The van der Waals surface area contributed by atoms with Gasteiger partial charge < -0.3 is 14.4 Å². The van der Waals surface area contributed by atoms with E-state index in [-0.39, 0.29) is 12.1 Å². The van der Waals surface area contributed by atoms with E-state index < -0.39 is 5.60 Å². The Labute approximate surface area is 165 Å². The summed E-state index contributed by atoms with van der Waals surface area (Å²) in [4.78, 5) is 16.4. The zero-order valence-electron chi connectivity index (χ0n) is 16.8. The monoisotopic (exact) mass is 426 g/mol. The number of carbonyl (C=O) groups is 1. The number of piperazine rings is 1. The van der Waals surface area contributed by atoms with Crippen molar-refractivity contribution in [2.75, 3.05) is 32.8 Å². The molecule has 1 atom stereocenters. The van der Waals surface area contributed by atoms with Crippen molar-refractivity contribution in [1.82, 2.24) is 9.80 Å². The highest BCUT2D eigenvalue weighted by Crippen LogP contribution is 2.26. The van der Waals surface area contributed by atoms with E-state index in [4.69, 9.17) is 9.47 Å². The van der Waals surface area contributed by atoms with Crippen LogP contribution in [-0.2, 0) is 4.74 Å². The molecule has 2 rings (SSSR count). The highest BCUT2D eigenvalue weighted by atomic mass is 79.9. The summed E-state index contributed by atoms with van der Waals surface area (Å²) < 4.78 is 12.6. The quantitative estimate of drug-likeness (QED) is 0.715. The summed E-state index contributed by atoms with van der Waals surface area (Å²) in [6.45, 7) is 15.7. The Bertz CT molecular complexity index is 619. The van der Waals surface area contributed by atoms with Crippen molar-refractivity contribution >= 4 is 22.0 Å². The molecule has 1 aromatic carbocycles. The first-order valence-electron chi connectivity index (χ1n) is 9.18. The second-order valence-electron chi connectivity index (χ2n) is 8.04. The molecule has 146 valence electrons. The molecule has 5 nitrogen and oxygen atoms in total. The molecule has 6 heteroatoms. The minimum Gasteiger partial charge on any atom is -0.492 e. The molecular weight excluding hydrogens is 396 g/mol. The third-order valence-electron chi connectivity index (χ3n) is 4.43. The van der Waals surface area contributed by atoms with Crippen molar-refractivity contribution in [3.05, 3.63) is 27.7 Å². The molecular formula is C20H31BrN2O3. The topological polar surface area (TPSA) is 42.0 Å². The van der Waals surface area contributed by atoms with Gasteiger partial charge in [-0.1, -0.05) is 15.9 Å². The molecule has 1 amide bonds. The molecule has 1 aromatic rings. The number of carbonyl (C=O) groups excluding carboxylic acids is 1. The normalized spacial score (nSPS) is 18.7. The molecule has 0 N–H and O–H groups in total. The van der Waals surface area contributed by atoms with E-state index in [1.165, 1.54) is 11.1 Å². The number of amides is 1. The van der Waals surface area contributed by atoms with E-state index in [1.54, 1.807) is 0 Å². The van der Waals surface area contributed by atoms with E-state index in [0.717, 1.165) is 29.9 Å². The maximum Gasteiger partial charge on any atom is 0.410 e. The molecule has 0 aromatic heterocycles. The van der Waals surface area contributed by atoms with Crippen LogP contribution in [0, 0.1) is 13.8 Å². The first kappa shape index (κ1) is 21.0. The number of halogens is 1. The fourth-order valence-electron chi connectivity index (χ4n) is 3.11. The number of rotatable bonds is 4. The van der Waals surface area contributed by atoms with Gasteiger partial charge in [-0.3, -0.25) is 4.90 Å².